The first kappa shape index (κ1) is 11.3. The van der Waals surface area contributed by atoms with E-state index in [4.69, 9.17) is 0 Å². The molecule has 0 aromatic rings. The van der Waals surface area contributed by atoms with Gasteiger partial charge >= 0.3 is 79.8 Å². The van der Waals surface area contributed by atoms with Crippen molar-refractivity contribution in [2.45, 2.75) is 25.9 Å². The van der Waals surface area contributed by atoms with Crippen molar-refractivity contribution < 1.29 is 0 Å². The number of hydrogen-bond donors (Lipinski definition) is 0. The Bertz CT molecular complexity index is 117. The molecule has 2 heteroatoms. The van der Waals surface area contributed by atoms with Gasteiger partial charge in [-0.3, -0.25) is 0 Å². The Labute approximate surface area is 80.1 Å². The van der Waals surface area contributed by atoms with E-state index in [1.54, 1.807) is 0 Å². The van der Waals surface area contributed by atoms with Crippen LogP contribution in [0.1, 0.15) is 20.8 Å². The Morgan fingerprint density at radius 3 is 2.27 bits per heavy atom. The van der Waals surface area contributed by atoms with Gasteiger partial charge in [-0.25, -0.2) is 0 Å². The van der Waals surface area contributed by atoms with Gasteiger partial charge in [0.1, 0.15) is 0 Å². The molecule has 0 aromatic carbocycles. The molecule has 0 fully saturated rings. The normalized spacial score (nSPS) is 12.7. The van der Waals surface area contributed by atoms with Crippen molar-refractivity contribution in [3.63, 3.8) is 0 Å². The van der Waals surface area contributed by atoms with Gasteiger partial charge in [0.15, 0.2) is 0 Å². The summed E-state index contributed by atoms with van der Waals surface area (Å²) in [5.41, 5.74) is 1.50. The second-order valence-corrected chi connectivity index (χ2v) is 2.89. The van der Waals surface area contributed by atoms with E-state index >= 15 is 0 Å². The van der Waals surface area contributed by atoms with Crippen molar-refractivity contribution >= 4 is 17.7 Å². The summed E-state index contributed by atoms with van der Waals surface area (Å²) in [5, 5.41) is 1.18. The zero-order valence-corrected chi connectivity index (χ0v) is 8.35. The van der Waals surface area contributed by atoms with Crippen LogP contribution in [0.25, 0.3) is 0 Å². The maximum atomic E-state index is 2.42. The zero-order chi connectivity index (χ0) is 8.69. The van der Waals surface area contributed by atoms with Crippen LogP contribution in [0, 0.1) is 0 Å². The molecule has 0 N–H and O–H groups in total. The summed E-state index contributed by atoms with van der Waals surface area (Å²) >= 11 is 2.20. The molecule has 0 amide bonds. The minimum atomic E-state index is 1.12. The maximum absolute atomic E-state index is 2.42. The van der Waals surface area contributed by atoms with E-state index in [9.17, 15) is 0 Å². The third-order valence-electron chi connectivity index (χ3n) is 2.15. The van der Waals surface area contributed by atoms with Crippen molar-refractivity contribution in [1.82, 2.24) is 4.90 Å². The van der Waals surface area contributed by atoms with Gasteiger partial charge in [-0.1, -0.05) is 0 Å². The van der Waals surface area contributed by atoms with Crippen LogP contribution in [-0.2, 0) is 0 Å². The molecule has 1 nitrogen and oxygen atoms in total. The third kappa shape index (κ3) is 5.55. The first-order chi connectivity index (χ1) is 5.24. The van der Waals surface area contributed by atoms with Gasteiger partial charge in [-0.15, -0.1) is 0 Å². The zero-order valence-electron chi connectivity index (χ0n) is 8.35. The van der Waals surface area contributed by atoms with Crippen LogP contribution < -0.4 is 0 Å². The van der Waals surface area contributed by atoms with Crippen LogP contribution in [0.5, 0.6) is 0 Å². The van der Waals surface area contributed by atoms with Crippen molar-refractivity contribution in [2.75, 3.05) is 19.6 Å². The fourth-order valence-corrected chi connectivity index (χ4v) is 0.911. The van der Waals surface area contributed by atoms with Gasteiger partial charge in [0.2, 0.25) is 0 Å². The van der Waals surface area contributed by atoms with E-state index in [0.717, 1.165) is 19.6 Å². The van der Waals surface area contributed by atoms with Gasteiger partial charge in [0.05, 0.1) is 0 Å². The molecule has 0 unspecified atom stereocenters. The molecule has 0 saturated carbocycles. The molecule has 0 saturated heterocycles. The summed E-state index contributed by atoms with van der Waals surface area (Å²) in [6.07, 6.45) is 2.33. The van der Waals surface area contributed by atoms with Gasteiger partial charge in [-0.05, 0) is 0 Å². The standard InChI is InChI=1S/C9H18N.Li/c1-5-10(6-2)8-7-9(3)4;/h7H,3,5-6,8H2,1-2,4H3;. The monoisotopic (exact) mass is 147 g/mol. The fraction of sp³-hybridized carbons (Fsp3) is 0.778. The van der Waals surface area contributed by atoms with Gasteiger partial charge in [0, 0.05) is 0 Å². The second-order valence-electron chi connectivity index (χ2n) is 2.89. The van der Waals surface area contributed by atoms with Crippen molar-refractivity contribution in [3.8, 4) is 0 Å². The molecular formula is C9H18LiN. The van der Waals surface area contributed by atoms with E-state index in [1.165, 1.54) is 10.7 Å². The van der Waals surface area contributed by atoms with E-state index in [2.05, 4.69) is 49.5 Å². The molecule has 0 aliphatic carbocycles. The summed E-state index contributed by atoms with van der Waals surface area (Å²) in [4.78, 5) is 2.42. The van der Waals surface area contributed by atoms with E-state index in [1.807, 2.05) is 0 Å². The van der Waals surface area contributed by atoms with Crippen LogP contribution in [0.4, 0.5) is 0 Å². The topological polar surface area (TPSA) is 3.24 Å². The van der Waals surface area contributed by atoms with Gasteiger partial charge in [0.25, 0.3) is 0 Å². The van der Waals surface area contributed by atoms with Crippen molar-refractivity contribution in [1.29, 1.82) is 0 Å². The Balaban J connectivity index is 3.65. The molecule has 0 heterocycles. The summed E-state index contributed by atoms with van der Waals surface area (Å²) in [6, 6.07) is 0. The number of likely N-dealkylation sites (N-methyl/N-ethyl adjacent to an activating group) is 1. The quantitative estimate of drug-likeness (QED) is 0.424. The van der Waals surface area contributed by atoms with Crippen LogP contribution in [0.2, 0.25) is 5.09 Å². The molecule has 0 rings (SSSR count). The third-order valence-corrected chi connectivity index (χ3v) is 2.15. The fourth-order valence-electron chi connectivity index (χ4n) is 0.911. The number of allylic oxidation sites excluding steroid dienone is 1. The average molecular weight is 147 g/mol. The molecule has 0 spiro atoms. The second kappa shape index (κ2) is 6.97. The Morgan fingerprint density at radius 1 is 1.36 bits per heavy atom. The summed E-state index contributed by atoms with van der Waals surface area (Å²) in [6.45, 7) is 10.0. The predicted octanol–water partition coefficient (Wildman–Crippen LogP) is 1.86. The average Bonchev–Trinajstić information content (AvgIpc) is 2.06. The SMILES string of the molecule is [Li][CH2]C(C)=CCN(CC)CC. The predicted molar refractivity (Wildman–Crippen MR) is 52.1 cm³/mol. The van der Waals surface area contributed by atoms with Crippen molar-refractivity contribution in [2.24, 2.45) is 0 Å². The Kier molecular flexibility index (Phi) is 7.16. The van der Waals surface area contributed by atoms with Gasteiger partial charge < -0.3 is 0 Å². The Morgan fingerprint density at radius 2 is 1.91 bits per heavy atom. The van der Waals surface area contributed by atoms with Crippen LogP contribution >= 0.6 is 0 Å². The molecule has 0 atom stereocenters. The van der Waals surface area contributed by atoms with Crippen LogP contribution in [0.15, 0.2) is 11.6 Å². The first-order valence-corrected chi connectivity index (χ1v) is 4.62. The van der Waals surface area contributed by atoms with E-state index in [-0.39, 0.29) is 0 Å². The number of nitrogens with zero attached hydrogens (tertiary/aromatic N) is 1. The molecule has 60 valence electrons. The summed E-state index contributed by atoms with van der Waals surface area (Å²) in [5.74, 6) is 0. The summed E-state index contributed by atoms with van der Waals surface area (Å²) < 4.78 is 0. The van der Waals surface area contributed by atoms with Gasteiger partial charge in [-0.2, -0.15) is 0 Å². The molecule has 0 aromatic heterocycles. The van der Waals surface area contributed by atoms with Crippen LogP contribution in [0.3, 0.4) is 0 Å². The Hall–Kier alpha value is 0.297. The van der Waals surface area contributed by atoms with E-state index < -0.39 is 0 Å². The first-order valence-electron chi connectivity index (χ1n) is 4.62. The molecule has 0 radical (unpaired) electrons. The van der Waals surface area contributed by atoms with E-state index in [0.29, 0.717) is 0 Å². The molecular weight excluding hydrogens is 129 g/mol. The minimum absolute atomic E-state index is 1.12. The molecule has 0 aliphatic rings. The molecule has 11 heavy (non-hydrogen) atoms. The molecule has 0 aliphatic heterocycles. The molecule has 0 bridgehead atoms. The van der Waals surface area contributed by atoms with Crippen LogP contribution in [-0.4, -0.2) is 42.2 Å². The summed E-state index contributed by atoms with van der Waals surface area (Å²) in [7, 11) is 0. The number of rotatable bonds is 5. The van der Waals surface area contributed by atoms with Crippen molar-refractivity contribution in [3.05, 3.63) is 11.6 Å². The number of hydrogen-bond acceptors (Lipinski definition) is 1.